The minimum absolute atomic E-state index is 0.00363. The number of amides is 1. The fourth-order valence-electron chi connectivity index (χ4n) is 2.85. The largest absolute Gasteiger partial charge is 0.491 e. The Morgan fingerprint density at radius 2 is 1.96 bits per heavy atom. The lowest BCUT2D eigenvalue weighted by Crippen LogP contribution is -2.40. The highest BCUT2D eigenvalue weighted by atomic mass is 16.6. The fraction of sp³-hybridized carbons (Fsp3) is 0.278. The van der Waals surface area contributed by atoms with Gasteiger partial charge in [0, 0.05) is 23.7 Å². The number of hydrogen-bond donors (Lipinski definition) is 0. The third kappa shape index (κ3) is 3.22. The highest BCUT2D eigenvalue weighted by Gasteiger charge is 2.27. The molecule has 1 heterocycles. The maximum absolute atomic E-state index is 12.8. The molecule has 0 radical (unpaired) electrons. The Labute approximate surface area is 139 Å². The molecule has 1 amide bonds. The Morgan fingerprint density at radius 1 is 1.25 bits per heavy atom. The van der Waals surface area contributed by atoms with Crippen LogP contribution in [0, 0.1) is 10.1 Å². The summed E-state index contributed by atoms with van der Waals surface area (Å²) in [6, 6.07) is 13.9. The van der Waals surface area contributed by atoms with Gasteiger partial charge in [0.2, 0.25) is 5.91 Å². The number of carbonyl (C=O) groups excluding carboxylic acids is 1. The first-order chi connectivity index (χ1) is 11.6. The van der Waals surface area contributed by atoms with Gasteiger partial charge in [-0.25, -0.2) is 0 Å². The van der Waals surface area contributed by atoms with Gasteiger partial charge in [0.15, 0.2) is 0 Å². The number of carbonyl (C=O) groups is 1. The van der Waals surface area contributed by atoms with Crippen molar-refractivity contribution in [3.05, 3.63) is 69.8 Å². The Morgan fingerprint density at radius 3 is 2.75 bits per heavy atom. The van der Waals surface area contributed by atoms with E-state index in [0.717, 1.165) is 11.3 Å². The van der Waals surface area contributed by atoms with Crippen LogP contribution >= 0.6 is 0 Å². The number of nitro groups is 1. The molecule has 0 saturated carbocycles. The normalized spacial score (nSPS) is 16.7. The first-order valence-electron chi connectivity index (χ1n) is 7.78. The zero-order valence-corrected chi connectivity index (χ0v) is 13.3. The van der Waals surface area contributed by atoms with Crippen molar-refractivity contribution < 1.29 is 14.5 Å². The van der Waals surface area contributed by atoms with Crippen molar-refractivity contribution >= 4 is 11.6 Å². The molecular weight excluding hydrogens is 308 g/mol. The third-order valence-corrected chi connectivity index (χ3v) is 4.18. The van der Waals surface area contributed by atoms with Crippen molar-refractivity contribution in [3.8, 4) is 5.75 Å². The van der Waals surface area contributed by atoms with E-state index in [4.69, 9.17) is 4.74 Å². The Hall–Kier alpha value is -2.89. The number of benzene rings is 2. The molecule has 24 heavy (non-hydrogen) atoms. The molecule has 1 aliphatic heterocycles. The number of nitro benzene ring substituents is 1. The quantitative estimate of drug-likeness (QED) is 0.642. The summed E-state index contributed by atoms with van der Waals surface area (Å²) in [6.45, 7) is 2.76. The number of rotatable bonds is 3. The summed E-state index contributed by atoms with van der Waals surface area (Å²) in [7, 11) is 0. The van der Waals surface area contributed by atoms with Crippen LogP contribution in [0.4, 0.5) is 5.69 Å². The SMILES string of the molecule is C[C@@H]1COc2ccccc2CN1C(=O)Cc1ccccc1[N+](=O)[O-]. The van der Waals surface area contributed by atoms with Crippen molar-refractivity contribution in [2.45, 2.75) is 25.9 Å². The molecule has 0 spiro atoms. The number of ether oxygens (including phenoxy) is 1. The minimum Gasteiger partial charge on any atom is -0.491 e. The topological polar surface area (TPSA) is 72.7 Å². The predicted molar refractivity (Wildman–Crippen MR) is 88.7 cm³/mol. The number of fused-ring (bicyclic) bond motifs is 1. The third-order valence-electron chi connectivity index (χ3n) is 4.18. The highest BCUT2D eigenvalue weighted by molar-refractivity contribution is 5.80. The highest BCUT2D eigenvalue weighted by Crippen LogP contribution is 2.26. The van der Waals surface area contributed by atoms with E-state index in [1.165, 1.54) is 6.07 Å². The maximum atomic E-state index is 12.8. The van der Waals surface area contributed by atoms with E-state index in [9.17, 15) is 14.9 Å². The van der Waals surface area contributed by atoms with Gasteiger partial charge in [-0.1, -0.05) is 36.4 Å². The smallest absolute Gasteiger partial charge is 0.273 e. The van der Waals surface area contributed by atoms with Crippen LogP contribution in [0.15, 0.2) is 48.5 Å². The molecule has 3 rings (SSSR count). The summed E-state index contributed by atoms with van der Waals surface area (Å²) < 4.78 is 5.75. The van der Waals surface area contributed by atoms with Crippen molar-refractivity contribution in [3.63, 3.8) is 0 Å². The Kier molecular flexibility index (Phi) is 4.46. The molecule has 0 aliphatic carbocycles. The second kappa shape index (κ2) is 6.70. The van der Waals surface area contributed by atoms with E-state index in [-0.39, 0.29) is 24.1 Å². The van der Waals surface area contributed by atoms with Gasteiger partial charge in [-0.2, -0.15) is 0 Å². The van der Waals surface area contributed by atoms with Gasteiger partial charge in [0.25, 0.3) is 5.69 Å². The molecule has 0 bridgehead atoms. The van der Waals surface area contributed by atoms with Gasteiger partial charge in [0.1, 0.15) is 12.4 Å². The number of nitrogens with zero attached hydrogens (tertiary/aromatic N) is 2. The standard InChI is InChI=1S/C18H18N2O4/c1-13-12-24-17-9-5-3-7-15(17)11-19(13)18(21)10-14-6-2-4-8-16(14)20(22)23/h2-9,13H,10-12H2,1H3/t13-/m1/s1. The summed E-state index contributed by atoms with van der Waals surface area (Å²) in [5.41, 5.74) is 1.35. The van der Waals surface area contributed by atoms with Crippen molar-refractivity contribution in [2.75, 3.05) is 6.61 Å². The Balaban J connectivity index is 1.83. The monoisotopic (exact) mass is 326 g/mol. The molecule has 0 unspecified atom stereocenters. The van der Waals surface area contributed by atoms with Crippen molar-refractivity contribution in [1.29, 1.82) is 0 Å². The molecule has 1 aliphatic rings. The summed E-state index contributed by atoms with van der Waals surface area (Å²) in [4.78, 5) is 25.2. The van der Waals surface area contributed by atoms with E-state index in [2.05, 4.69) is 0 Å². The second-order valence-electron chi connectivity index (χ2n) is 5.85. The van der Waals surface area contributed by atoms with Crippen LogP contribution in [-0.4, -0.2) is 28.4 Å². The molecule has 2 aromatic carbocycles. The molecule has 0 N–H and O–H groups in total. The van der Waals surface area contributed by atoms with Gasteiger partial charge in [-0.3, -0.25) is 14.9 Å². The molecule has 1 atom stereocenters. The van der Waals surface area contributed by atoms with Crippen LogP contribution < -0.4 is 4.74 Å². The van der Waals surface area contributed by atoms with Crippen molar-refractivity contribution in [2.24, 2.45) is 0 Å². The van der Waals surface area contributed by atoms with E-state index in [0.29, 0.717) is 18.7 Å². The average molecular weight is 326 g/mol. The summed E-state index contributed by atoms with van der Waals surface area (Å²) >= 11 is 0. The van der Waals surface area contributed by atoms with Crippen LogP contribution in [0.25, 0.3) is 0 Å². The lowest BCUT2D eigenvalue weighted by atomic mass is 10.1. The van der Waals surface area contributed by atoms with Crippen LogP contribution in [-0.2, 0) is 17.8 Å². The van der Waals surface area contributed by atoms with Gasteiger partial charge < -0.3 is 9.64 Å². The fourth-order valence-corrected chi connectivity index (χ4v) is 2.85. The summed E-state index contributed by atoms with van der Waals surface area (Å²) in [5, 5.41) is 11.1. The summed E-state index contributed by atoms with van der Waals surface area (Å²) in [6.07, 6.45) is 0.00363. The Bertz CT molecular complexity index is 775. The zero-order valence-electron chi connectivity index (χ0n) is 13.3. The summed E-state index contributed by atoms with van der Waals surface area (Å²) in [5.74, 6) is 0.641. The van der Waals surface area contributed by atoms with E-state index >= 15 is 0 Å². The molecule has 124 valence electrons. The van der Waals surface area contributed by atoms with Crippen LogP contribution in [0.1, 0.15) is 18.1 Å². The zero-order chi connectivity index (χ0) is 17.1. The number of para-hydroxylation sites is 2. The van der Waals surface area contributed by atoms with Crippen LogP contribution in [0.2, 0.25) is 0 Å². The van der Waals surface area contributed by atoms with E-state index in [1.54, 1.807) is 23.1 Å². The number of hydrogen-bond acceptors (Lipinski definition) is 4. The van der Waals surface area contributed by atoms with E-state index in [1.807, 2.05) is 31.2 Å². The molecular formula is C18H18N2O4. The lowest BCUT2D eigenvalue weighted by molar-refractivity contribution is -0.385. The second-order valence-corrected chi connectivity index (χ2v) is 5.85. The predicted octanol–water partition coefficient (Wildman–Crippen LogP) is 2.95. The molecule has 6 nitrogen and oxygen atoms in total. The van der Waals surface area contributed by atoms with Gasteiger partial charge >= 0.3 is 0 Å². The molecule has 6 heteroatoms. The first kappa shape index (κ1) is 16.0. The van der Waals surface area contributed by atoms with Crippen molar-refractivity contribution in [1.82, 2.24) is 4.90 Å². The molecule has 2 aromatic rings. The minimum atomic E-state index is -0.452. The molecule has 0 fully saturated rings. The van der Waals surface area contributed by atoms with Gasteiger partial charge in [-0.15, -0.1) is 0 Å². The molecule has 0 saturated heterocycles. The van der Waals surface area contributed by atoms with Crippen LogP contribution in [0.5, 0.6) is 5.75 Å². The maximum Gasteiger partial charge on any atom is 0.273 e. The lowest BCUT2D eigenvalue weighted by Gasteiger charge is -2.26. The van der Waals surface area contributed by atoms with Gasteiger partial charge in [-0.05, 0) is 13.0 Å². The van der Waals surface area contributed by atoms with Gasteiger partial charge in [0.05, 0.1) is 17.4 Å². The average Bonchev–Trinajstić information content (AvgIpc) is 2.74. The first-order valence-corrected chi connectivity index (χ1v) is 7.78. The molecule has 0 aromatic heterocycles. The van der Waals surface area contributed by atoms with Crippen LogP contribution in [0.3, 0.4) is 0 Å². The van der Waals surface area contributed by atoms with E-state index < -0.39 is 4.92 Å².